The van der Waals surface area contributed by atoms with Crippen LogP contribution in [-0.2, 0) is 6.42 Å². The van der Waals surface area contributed by atoms with Crippen LogP contribution in [0.5, 0.6) is 5.75 Å². The molecule has 0 aromatic heterocycles. The number of aryl methyl sites for hydroxylation is 1. The van der Waals surface area contributed by atoms with Crippen molar-refractivity contribution in [3.63, 3.8) is 0 Å². The monoisotopic (exact) mass is 335 g/mol. The zero-order valence-electron chi connectivity index (χ0n) is 13.2. The number of hydrogen-bond donors (Lipinski definition) is 0. The van der Waals surface area contributed by atoms with Gasteiger partial charge in [-0.25, -0.2) is 0 Å². The van der Waals surface area contributed by atoms with Gasteiger partial charge in [-0.2, -0.15) is 0 Å². The number of anilines is 1. The summed E-state index contributed by atoms with van der Waals surface area (Å²) in [5.41, 5.74) is 4.02. The summed E-state index contributed by atoms with van der Waals surface area (Å²) in [4.78, 5) is 0. The van der Waals surface area contributed by atoms with E-state index in [0.717, 1.165) is 31.7 Å². The molecule has 0 saturated heterocycles. The molecule has 0 bridgehead atoms. The molecule has 1 aliphatic rings. The van der Waals surface area contributed by atoms with E-state index >= 15 is 0 Å². The number of halogens is 1. The Hall–Kier alpha value is -0.980. The number of fused-ring (bicyclic) bond motifs is 3. The standard InChI is InChI=1S/C18H23ClNOP/c1-3-8-21-16-9-15-18(13(10-19)11-20(15)22)17-12(4-2)6-5-7-14(16)17/h5-7,9,13H,3-4,8,10-11,22H2,1-2H3/t13-/m1/s1. The predicted molar refractivity (Wildman–Crippen MR) is 99.6 cm³/mol. The molecule has 22 heavy (non-hydrogen) atoms. The fourth-order valence-corrected chi connectivity index (χ4v) is 4.08. The van der Waals surface area contributed by atoms with E-state index in [0.29, 0.717) is 11.8 Å². The highest BCUT2D eigenvalue weighted by molar-refractivity contribution is 7.19. The topological polar surface area (TPSA) is 12.5 Å². The van der Waals surface area contributed by atoms with Crippen LogP contribution in [0.4, 0.5) is 5.69 Å². The molecular weight excluding hydrogens is 313 g/mol. The van der Waals surface area contributed by atoms with Gasteiger partial charge >= 0.3 is 0 Å². The van der Waals surface area contributed by atoms with Crippen molar-refractivity contribution in [2.75, 3.05) is 23.7 Å². The van der Waals surface area contributed by atoms with Gasteiger partial charge in [0, 0.05) is 35.5 Å². The molecular formula is C18H23ClNOP. The summed E-state index contributed by atoms with van der Waals surface area (Å²) in [5.74, 6) is 2.03. The Morgan fingerprint density at radius 2 is 2.18 bits per heavy atom. The molecule has 0 spiro atoms. The van der Waals surface area contributed by atoms with Crippen LogP contribution in [0.1, 0.15) is 37.3 Å². The Labute approximate surface area is 140 Å². The molecule has 118 valence electrons. The van der Waals surface area contributed by atoms with Gasteiger partial charge in [0.2, 0.25) is 0 Å². The first-order valence-electron chi connectivity index (χ1n) is 8.00. The molecule has 2 nitrogen and oxygen atoms in total. The van der Waals surface area contributed by atoms with Crippen LogP contribution in [0, 0.1) is 0 Å². The third kappa shape index (κ3) is 2.57. The summed E-state index contributed by atoms with van der Waals surface area (Å²) in [6, 6.07) is 8.72. The maximum atomic E-state index is 6.25. The van der Waals surface area contributed by atoms with E-state index in [4.69, 9.17) is 16.3 Å². The molecule has 0 aliphatic carbocycles. The lowest BCUT2D eigenvalue weighted by molar-refractivity contribution is 0.321. The second kappa shape index (κ2) is 6.64. The Bertz CT molecular complexity index is 688. The zero-order chi connectivity index (χ0) is 15.7. The molecule has 3 rings (SSSR count). The Morgan fingerprint density at radius 3 is 2.86 bits per heavy atom. The van der Waals surface area contributed by atoms with E-state index in [9.17, 15) is 0 Å². The van der Waals surface area contributed by atoms with Crippen LogP contribution >= 0.6 is 21.0 Å². The SMILES string of the molecule is CCCOc1cc2c(c3c(CC)cccc13)[C@H](CCl)CN2P. The number of rotatable bonds is 5. The lowest BCUT2D eigenvalue weighted by atomic mass is 9.91. The van der Waals surface area contributed by atoms with Crippen molar-refractivity contribution in [3.8, 4) is 5.75 Å². The van der Waals surface area contributed by atoms with E-state index < -0.39 is 0 Å². The minimum absolute atomic E-state index is 0.379. The molecule has 1 heterocycles. The highest BCUT2D eigenvalue weighted by Gasteiger charge is 2.30. The first-order valence-corrected chi connectivity index (χ1v) is 9.05. The minimum atomic E-state index is 0.379. The van der Waals surface area contributed by atoms with Gasteiger partial charge in [0.15, 0.2) is 0 Å². The van der Waals surface area contributed by atoms with Crippen LogP contribution in [0.15, 0.2) is 24.3 Å². The number of alkyl halides is 1. The summed E-state index contributed by atoms with van der Waals surface area (Å²) < 4.78 is 8.27. The molecule has 0 fully saturated rings. The van der Waals surface area contributed by atoms with Crippen molar-refractivity contribution < 1.29 is 4.74 Å². The van der Waals surface area contributed by atoms with Crippen molar-refractivity contribution in [2.24, 2.45) is 0 Å². The number of benzene rings is 2. The molecule has 4 heteroatoms. The van der Waals surface area contributed by atoms with Gasteiger partial charge in [0.25, 0.3) is 0 Å². The van der Waals surface area contributed by atoms with Crippen LogP contribution in [0.25, 0.3) is 10.8 Å². The summed E-state index contributed by atoms with van der Waals surface area (Å²) in [6.45, 7) is 6.05. The molecule has 2 atom stereocenters. The van der Waals surface area contributed by atoms with Crippen LogP contribution in [0.2, 0.25) is 0 Å². The van der Waals surface area contributed by atoms with Gasteiger partial charge in [0.05, 0.1) is 6.61 Å². The highest BCUT2D eigenvalue weighted by atomic mass is 35.5. The van der Waals surface area contributed by atoms with Crippen LogP contribution in [-0.4, -0.2) is 19.0 Å². The molecule has 0 amide bonds. The average molecular weight is 336 g/mol. The number of ether oxygens (including phenoxy) is 1. The highest BCUT2D eigenvalue weighted by Crippen LogP contribution is 2.47. The average Bonchev–Trinajstić information content (AvgIpc) is 2.88. The van der Waals surface area contributed by atoms with Gasteiger partial charge in [-0.3, -0.25) is 0 Å². The maximum Gasteiger partial charge on any atom is 0.129 e. The Morgan fingerprint density at radius 1 is 1.36 bits per heavy atom. The van der Waals surface area contributed by atoms with E-state index in [1.807, 2.05) is 0 Å². The fourth-order valence-electron chi connectivity index (χ4n) is 3.36. The second-order valence-corrected chi connectivity index (χ2v) is 6.78. The van der Waals surface area contributed by atoms with Gasteiger partial charge in [-0.15, -0.1) is 11.6 Å². The van der Waals surface area contributed by atoms with Gasteiger partial charge in [-0.1, -0.05) is 32.0 Å². The van der Waals surface area contributed by atoms with Crippen molar-refractivity contribution in [1.29, 1.82) is 0 Å². The lowest BCUT2D eigenvalue weighted by Crippen LogP contribution is -2.09. The van der Waals surface area contributed by atoms with E-state index in [2.05, 4.69) is 52.2 Å². The summed E-state index contributed by atoms with van der Waals surface area (Å²) >= 11 is 6.25. The Balaban J connectivity index is 2.30. The van der Waals surface area contributed by atoms with E-state index in [1.165, 1.54) is 27.6 Å². The Kier molecular flexibility index (Phi) is 4.80. The third-order valence-corrected chi connectivity index (χ3v) is 5.25. The van der Waals surface area contributed by atoms with Crippen molar-refractivity contribution >= 4 is 37.5 Å². The first kappa shape index (κ1) is 15.9. The van der Waals surface area contributed by atoms with Crippen molar-refractivity contribution in [2.45, 2.75) is 32.6 Å². The predicted octanol–water partition coefficient (Wildman–Crippen LogP) is 5.12. The van der Waals surface area contributed by atoms with Crippen LogP contribution in [0.3, 0.4) is 0 Å². The third-order valence-electron chi connectivity index (χ3n) is 4.39. The first-order chi connectivity index (χ1) is 10.7. The maximum absolute atomic E-state index is 6.25. The molecule has 2 aromatic carbocycles. The van der Waals surface area contributed by atoms with Gasteiger partial charge in [0.1, 0.15) is 5.75 Å². The summed E-state index contributed by atoms with van der Waals surface area (Å²) in [6.07, 6.45) is 2.04. The normalized spacial score (nSPS) is 17.1. The molecule has 1 unspecified atom stereocenters. The van der Waals surface area contributed by atoms with Crippen molar-refractivity contribution in [3.05, 3.63) is 35.4 Å². The smallest absolute Gasteiger partial charge is 0.129 e. The summed E-state index contributed by atoms with van der Waals surface area (Å²) in [7, 11) is 2.83. The van der Waals surface area contributed by atoms with Gasteiger partial charge in [-0.05, 0) is 38.7 Å². The number of hydrogen-bond acceptors (Lipinski definition) is 2. The molecule has 1 aliphatic heterocycles. The van der Waals surface area contributed by atoms with E-state index in [1.54, 1.807) is 0 Å². The van der Waals surface area contributed by atoms with E-state index in [-0.39, 0.29) is 0 Å². The molecule has 0 saturated carbocycles. The van der Waals surface area contributed by atoms with Gasteiger partial charge < -0.3 is 9.41 Å². The quantitative estimate of drug-likeness (QED) is 0.555. The zero-order valence-corrected chi connectivity index (χ0v) is 15.1. The van der Waals surface area contributed by atoms with Crippen molar-refractivity contribution in [1.82, 2.24) is 0 Å². The number of nitrogens with zero attached hydrogens (tertiary/aromatic N) is 1. The molecule has 0 N–H and O–H groups in total. The second-order valence-electron chi connectivity index (χ2n) is 5.85. The van der Waals surface area contributed by atoms with Crippen LogP contribution < -0.4 is 9.41 Å². The molecule has 2 aromatic rings. The molecule has 0 radical (unpaired) electrons. The fraction of sp³-hybridized carbons (Fsp3) is 0.444. The summed E-state index contributed by atoms with van der Waals surface area (Å²) in [5, 5.41) is 2.58. The largest absolute Gasteiger partial charge is 0.493 e. The minimum Gasteiger partial charge on any atom is -0.493 e. The lowest BCUT2D eigenvalue weighted by Gasteiger charge is -2.18.